The molecule has 1 rings (SSSR count). The van der Waals surface area contributed by atoms with Gasteiger partial charge in [-0.1, -0.05) is 0 Å². The van der Waals surface area contributed by atoms with Gasteiger partial charge in [0.25, 0.3) is 0 Å². The van der Waals surface area contributed by atoms with Gasteiger partial charge in [-0.05, 0) is 13.0 Å². The lowest BCUT2D eigenvalue weighted by molar-refractivity contribution is 0.0644. The number of hydrogen-bond donors (Lipinski definition) is 2. The van der Waals surface area contributed by atoms with Crippen LogP contribution in [0.3, 0.4) is 0 Å². The van der Waals surface area contributed by atoms with E-state index in [9.17, 15) is 8.42 Å². The number of rotatable bonds is 9. The lowest BCUT2D eigenvalue weighted by Gasteiger charge is -2.13. The second kappa shape index (κ2) is 8.18. The molecule has 120 valence electrons. The van der Waals surface area contributed by atoms with Crippen LogP contribution in [-0.2, 0) is 19.5 Å². The van der Waals surface area contributed by atoms with Gasteiger partial charge in [0.05, 0.1) is 24.7 Å². The molecule has 0 fully saturated rings. The molecule has 0 atom stereocenters. The Kier molecular flexibility index (Phi) is 6.90. The van der Waals surface area contributed by atoms with Crippen LogP contribution in [-0.4, -0.2) is 42.0 Å². The van der Waals surface area contributed by atoms with Crippen LogP contribution in [0.15, 0.2) is 17.0 Å². The van der Waals surface area contributed by atoms with Crippen molar-refractivity contribution in [3.8, 4) is 5.75 Å². The van der Waals surface area contributed by atoms with Gasteiger partial charge in [0.15, 0.2) is 0 Å². The van der Waals surface area contributed by atoms with Crippen LogP contribution in [0.4, 0.5) is 5.69 Å². The molecule has 0 radical (unpaired) electrons. The highest BCUT2D eigenvalue weighted by atomic mass is 32.2. The molecule has 0 unspecified atom stereocenters. The van der Waals surface area contributed by atoms with Gasteiger partial charge in [0.2, 0.25) is 10.0 Å². The number of anilines is 1. The van der Waals surface area contributed by atoms with Gasteiger partial charge >= 0.3 is 0 Å². The summed E-state index contributed by atoms with van der Waals surface area (Å²) in [7, 11) is -2.21. The topological polar surface area (TPSA) is 114 Å². The van der Waals surface area contributed by atoms with Gasteiger partial charge in [0, 0.05) is 37.5 Å². The van der Waals surface area contributed by atoms with Crippen molar-refractivity contribution in [2.24, 2.45) is 5.14 Å². The van der Waals surface area contributed by atoms with E-state index in [-0.39, 0.29) is 10.6 Å². The molecule has 0 aliphatic carbocycles. The maximum absolute atomic E-state index is 11.5. The Morgan fingerprint density at radius 1 is 1.14 bits per heavy atom. The van der Waals surface area contributed by atoms with Crippen molar-refractivity contribution in [2.45, 2.75) is 18.2 Å². The second-order valence-corrected chi connectivity index (χ2v) is 6.02. The van der Waals surface area contributed by atoms with Crippen molar-refractivity contribution < 1.29 is 22.6 Å². The predicted molar refractivity (Wildman–Crippen MR) is 79.8 cm³/mol. The molecular formula is C13H22N2O5S. The number of ether oxygens (including phenoxy) is 3. The predicted octanol–water partition coefficient (Wildman–Crippen LogP) is 0.657. The molecule has 1 aromatic carbocycles. The van der Waals surface area contributed by atoms with E-state index < -0.39 is 10.0 Å². The summed E-state index contributed by atoms with van der Waals surface area (Å²) in [6.45, 7) is 3.63. The van der Waals surface area contributed by atoms with E-state index in [4.69, 9.17) is 25.1 Å². The van der Waals surface area contributed by atoms with E-state index >= 15 is 0 Å². The van der Waals surface area contributed by atoms with Crippen molar-refractivity contribution >= 4 is 15.7 Å². The molecule has 1 aromatic rings. The first-order valence-electron chi connectivity index (χ1n) is 6.48. The van der Waals surface area contributed by atoms with Crippen LogP contribution in [0.1, 0.15) is 12.0 Å². The summed E-state index contributed by atoms with van der Waals surface area (Å²) in [5, 5.41) is 5.15. The van der Waals surface area contributed by atoms with Crippen molar-refractivity contribution in [2.75, 3.05) is 39.3 Å². The number of nitrogen functional groups attached to an aromatic ring is 1. The zero-order chi connectivity index (χ0) is 15.9. The van der Waals surface area contributed by atoms with E-state index in [1.807, 2.05) is 0 Å². The largest absolute Gasteiger partial charge is 0.493 e. The zero-order valence-corrected chi connectivity index (χ0v) is 13.1. The van der Waals surface area contributed by atoms with Gasteiger partial charge in [-0.25, -0.2) is 13.6 Å². The van der Waals surface area contributed by atoms with Crippen LogP contribution in [0.25, 0.3) is 0 Å². The molecule has 0 spiro atoms. The Labute approximate surface area is 125 Å². The molecule has 0 aliphatic heterocycles. The molecule has 0 heterocycles. The Morgan fingerprint density at radius 3 is 2.48 bits per heavy atom. The highest BCUT2D eigenvalue weighted by Crippen LogP contribution is 2.28. The zero-order valence-electron chi connectivity index (χ0n) is 12.3. The van der Waals surface area contributed by atoms with Gasteiger partial charge in [-0.3, -0.25) is 0 Å². The third-order valence-corrected chi connectivity index (χ3v) is 3.80. The molecule has 0 saturated heterocycles. The SMILES string of the molecule is COCCOCCCOc1cc(N)cc(S(N)(=O)=O)c1C. The van der Waals surface area contributed by atoms with E-state index in [1.54, 1.807) is 20.1 Å². The maximum atomic E-state index is 11.5. The number of methoxy groups -OCH3 is 1. The first-order chi connectivity index (χ1) is 9.86. The summed E-state index contributed by atoms with van der Waals surface area (Å²) in [5.74, 6) is 0.413. The number of primary sulfonamides is 1. The first kappa shape index (κ1) is 17.7. The second-order valence-electron chi connectivity index (χ2n) is 4.49. The monoisotopic (exact) mass is 318 g/mol. The van der Waals surface area contributed by atoms with Gasteiger partial charge < -0.3 is 19.9 Å². The molecule has 4 N–H and O–H groups in total. The van der Waals surface area contributed by atoms with Crippen molar-refractivity contribution in [1.29, 1.82) is 0 Å². The Balaban J connectivity index is 2.58. The Morgan fingerprint density at radius 2 is 1.86 bits per heavy atom. The third kappa shape index (κ3) is 5.88. The first-order valence-corrected chi connectivity index (χ1v) is 8.03. The molecule has 0 bridgehead atoms. The quantitative estimate of drug-likeness (QED) is 0.510. The van der Waals surface area contributed by atoms with Crippen LogP contribution in [0, 0.1) is 6.92 Å². The van der Waals surface area contributed by atoms with Gasteiger partial charge in [0.1, 0.15) is 5.75 Å². The lowest BCUT2D eigenvalue weighted by Crippen LogP contribution is -2.15. The van der Waals surface area contributed by atoms with Crippen LogP contribution >= 0.6 is 0 Å². The lowest BCUT2D eigenvalue weighted by atomic mass is 10.2. The van der Waals surface area contributed by atoms with E-state index in [1.165, 1.54) is 6.07 Å². The van der Waals surface area contributed by atoms with E-state index in [2.05, 4.69) is 0 Å². The smallest absolute Gasteiger partial charge is 0.238 e. The number of benzene rings is 1. The summed E-state index contributed by atoms with van der Waals surface area (Å²) in [5.41, 5.74) is 6.41. The highest BCUT2D eigenvalue weighted by molar-refractivity contribution is 7.89. The van der Waals surface area contributed by atoms with Crippen molar-refractivity contribution in [3.05, 3.63) is 17.7 Å². The molecule has 0 saturated carbocycles. The molecule has 7 nitrogen and oxygen atoms in total. The Bertz CT molecular complexity index is 560. The van der Waals surface area contributed by atoms with Crippen molar-refractivity contribution in [1.82, 2.24) is 0 Å². The minimum absolute atomic E-state index is 0.0196. The minimum Gasteiger partial charge on any atom is -0.493 e. The normalized spacial score (nSPS) is 11.6. The van der Waals surface area contributed by atoms with E-state index in [0.29, 0.717) is 44.2 Å². The molecule has 0 amide bonds. The molecule has 21 heavy (non-hydrogen) atoms. The molecule has 8 heteroatoms. The maximum Gasteiger partial charge on any atom is 0.238 e. The fourth-order valence-electron chi connectivity index (χ4n) is 1.72. The number of nitrogens with two attached hydrogens (primary N) is 2. The molecule has 0 aromatic heterocycles. The van der Waals surface area contributed by atoms with Gasteiger partial charge in [-0.15, -0.1) is 0 Å². The standard InChI is InChI=1S/C13H22N2O5S/c1-10-12(20-5-3-4-19-7-6-18-2)8-11(14)9-13(10)21(15,16)17/h8-9H,3-7,14H2,1-2H3,(H2,15,16,17). The number of hydrogen-bond acceptors (Lipinski definition) is 6. The average molecular weight is 318 g/mol. The number of sulfonamides is 1. The summed E-state index contributed by atoms with van der Waals surface area (Å²) < 4.78 is 38.6. The van der Waals surface area contributed by atoms with Gasteiger partial charge in [-0.2, -0.15) is 0 Å². The van der Waals surface area contributed by atoms with Crippen molar-refractivity contribution in [3.63, 3.8) is 0 Å². The summed E-state index contributed by atoms with van der Waals surface area (Å²) >= 11 is 0. The highest BCUT2D eigenvalue weighted by Gasteiger charge is 2.16. The Hall–Kier alpha value is -1.35. The van der Waals surface area contributed by atoms with E-state index in [0.717, 1.165) is 0 Å². The third-order valence-electron chi connectivity index (χ3n) is 2.76. The van der Waals surface area contributed by atoms with Crippen LogP contribution < -0.4 is 15.6 Å². The van der Waals surface area contributed by atoms with Crippen LogP contribution in [0.2, 0.25) is 0 Å². The average Bonchev–Trinajstić information content (AvgIpc) is 2.39. The summed E-state index contributed by atoms with van der Waals surface area (Å²) in [4.78, 5) is -0.0196. The fraction of sp³-hybridized carbons (Fsp3) is 0.538. The molecule has 0 aliphatic rings. The molecular weight excluding hydrogens is 296 g/mol. The van der Waals surface area contributed by atoms with Crippen LogP contribution in [0.5, 0.6) is 5.75 Å². The fourth-order valence-corrected chi connectivity index (χ4v) is 2.54. The summed E-state index contributed by atoms with van der Waals surface area (Å²) in [6, 6.07) is 2.90. The minimum atomic E-state index is -3.82. The summed E-state index contributed by atoms with van der Waals surface area (Å²) in [6.07, 6.45) is 0.669.